The molecule has 1 aliphatic heterocycles. The van der Waals surface area contributed by atoms with Crippen molar-refractivity contribution in [2.75, 3.05) is 25.6 Å². The number of carbonyl (C=O) groups is 1. The zero-order valence-corrected chi connectivity index (χ0v) is 14.2. The van der Waals surface area contributed by atoms with Crippen LogP contribution in [0.15, 0.2) is 30.5 Å². The number of H-pyrrole nitrogens is 1. The highest BCUT2D eigenvalue weighted by atomic mass is 16.5. The first-order chi connectivity index (χ1) is 11.6. The molecule has 1 fully saturated rings. The first-order valence-corrected chi connectivity index (χ1v) is 8.33. The van der Waals surface area contributed by atoms with E-state index in [4.69, 9.17) is 4.74 Å². The van der Waals surface area contributed by atoms with Crippen LogP contribution in [0.1, 0.15) is 34.5 Å². The van der Waals surface area contributed by atoms with Crippen LogP contribution in [0.4, 0.5) is 5.69 Å². The molecule has 2 heterocycles. The Labute approximate surface area is 142 Å². The summed E-state index contributed by atoms with van der Waals surface area (Å²) in [5, 5.41) is 10.3. The van der Waals surface area contributed by atoms with E-state index in [1.807, 2.05) is 49.3 Å². The van der Waals surface area contributed by atoms with Crippen LogP contribution >= 0.6 is 0 Å². The molecule has 6 nitrogen and oxygen atoms in total. The van der Waals surface area contributed by atoms with Crippen molar-refractivity contribution in [1.82, 2.24) is 15.1 Å². The molecule has 0 saturated carbocycles. The fraction of sp³-hybridized carbons (Fsp3) is 0.444. The topological polar surface area (TPSA) is 70.2 Å². The third-order valence-electron chi connectivity index (χ3n) is 4.59. The van der Waals surface area contributed by atoms with Crippen LogP contribution in [0.25, 0.3) is 0 Å². The number of rotatable bonds is 5. The molecule has 6 heteroatoms. The predicted molar refractivity (Wildman–Crippen MR) is 93.0 cm³/mol. The Hall–Kier alpha value is -2.34. The number of benzene rings is 1. The number of hydrogen-bond donors (Lipinski definition) is 2. The van der Waals surface area contributed by atoms with Crippen molar-refractivity contribution >= 4 is 11.6 Å². The maximum atomic E-state index is 12.6. The van der Waals surface area contributed by atoms with E-state index in [9.17, 15) is 4.79 Å². The smallest absolute Gasteiger partial charge is 0.253 e. The lowest BCUT2D eigenvalue weighted by Gasteiger charge is -2.31. The van der Waals surface area contributed by atoms with Crippen LogP contribution in [0.2, 0.25) is 0 Å². The highest BCUT2D eigenvalue weighted by Crippen LogP contribution is 2.17. The van der Waals surface area contributed by atoms with E-state index in [0.717, 1.165) is 43.0 Å². The number of aryl methyl sites for hydroxylation is 1. The molecular weight excluding hydrogens is 304 g/mol. The van der Waals surface area contributed by atoms with Crippen molar-refractivity contribution in [2.24, 2.45) is 0 Å². The molecule has 1 aliphatic rings. The van der Waals surface area contributed by atoms with Crippen LogP contribution in [-0.2, 0) is 11.3 Å². The summed E-state index contributed by atoms with van der Waals surface area (Å²) in [7, 11) is 1.88. The van der Waals surface area contributed by atoms with Gasteiger partial charge in [-0.05, 0) is 49.6 Å². The summed E-state index contributed by atoms with van der Waals surface area (Å²) >= 11 is 0. The van der Waals surface area contributed by atoms with E-state index in [-0.39, 0.29) is 11.9 Å². The quantitative estimate of drug-likeness (QED) is 0.885. The van der Waals surface area contributed by atoms with Gasteiger partial charge in [-0.2, -0.15) is 5.10 Å². The molecule has 24 heavy (non-hydrogen) atoms. The van der Waals surface area contributed by atoms with Gasteiger partial charge in [0.05, 0.1) is 18.4 Å². The number of hydrogen-bond acceptors (Lipinski definition) is 4. The molecule has 2 aromatic rings. The Morgan fingerprint density at radius 2 is 2.04 bits per heavy atom. The highest BCUT2D eigenvalue weighted by Gasteiger charge is 2.23. The maximum absolute atomic E-state index is 12.6. The Balaban J connectivity index is 1.59. The summed E-state index contributed by atoms with van der Waals surface area (Å²) < 4.78 is 5.36. The minimum Gasteiger partial charge on any atom is -0.381 e. The predicted octanol–water partition coefficient (Wildman–Crippen LogP) is 2.58. The Morgan fingerprint density at radius 3 is 2.67 bits per heavy atom. The van der Waals surface area contributed by atoms with Gasteiger partial charge in [0.25, 0.3) is 5.91 Å². The number of nitrogens with one attached hydrogen (secondary N) is 2. The maximum Gasteiger partial charge on any atom is 0.253 e. The number of nitrogens with zero attached hydrogens (tertiary/aromatic N) is 2. The Kier molecular flexibility index (Phi) is 5.15. The van der Waals surface area contributed by atoms with Crippen molar-refractivity contribution in [1.29, 1.82) is 0 Å². The lowest BCUT2D eigenvalue weighted by atomic mass is 10.1. The molecule has 0 atom stereocenters. The molecule has 1 amide bonds. The zero-order valence-electron chi connectivity index (χ0n) is 14.2. The SMILES string of the molecule is Cc1cn[nH]c1CNc1ccc(C(=O)N(C)C2CCOCC2)cc1. The molecular formula is C18H24N4O2. The second kappa shape index (κ2) is 7.49. The number of carbonyl (C=O) groups excluding carboxylic acids is 1. The van der Waals surface area contributed by atoms with Crippen LogP contribution in [-0.4, -0.2) is 47.3 Å². The fourth-order valence-electron chi connectivity index (χ4n) is 2.92. The van der Waals surface area contributed by atoms with E-state index < -0.39 is 0 Å². The van der Waals surface area contributed by atoms with Gasteiger partial charge in [-0.1, -0.05) is 0 Å². The molecule has 0 spiro atoms. The second-order valence-corrected chi connectivity index (χ2v) is 6.22. The molecule has 3 rings (SSSR count). The molecule has 0 radical (unpaired) electrons. The molecule has 1 aromatic heterocycles. The van der Waals surface area contributed by atoms with E-state index in [2.05, 4.69) is 15.5 Å². The van der Waals surface area contributed by atoms with Gasteiger partial charge in [0.15, 0.2) is 0 Å². The van der Waals surface area contributed by atoms with Gasteiger partial charge in [-0.15, -0.1) is 0 Å². The molecule has 1 aromatic carbocycles. The van der Waals surface area contributed by atoms with Crippen LogP contribution in [0.3, 0.4) is 0 Å². The summed E-state index contributed by atoms with van der Waals surface area (Å²) in [5.74, 6) is 0.0675. The summed E-state index contributed by atoms with van der Waals surface area (Å²) in [6.45, 7) is 4.17. The first kappa shape index (κ1) is 16.5. The van der Waals surface area contributed by atoms with Gasteiger partial charge in [0.1, 0.15) is 0 Å². The van der Waals surface area contributed by atoms with Crippen molar-refractivity contribution < 1.29 is 9.53 Å². The first-order valence-electron chi connectivity index (χ1n) is 8.33. The van der Waals surface area contributed by atoms with E-state index in [1.54, 1.807) is 0 Å². The molecule has 1 saturated heterocycles. The van der Waals surface area contributed by atoms with E-state index >= 15 is 0 Å². The van der Waals surface area contributed by atoms with Gasteiger partial charge in [-0.25, -0.2) is 0 Å². The van der Waals surface area contributed by atoms with Crippen LogP contribution in [0, 0.1) is 6.92 Å². The lowest BCUT2D eigenvalue weighted by molar-refractivity contribution is 0.0362. The number of anilines is 1. The van der Waals surface area contributed by atoms with Crippen LogP contribution < -0.4 is 5.32 Å². The van der Waals surface area contributed by atoms with Gasteiger partial charge < -0.3 is 15.0 Å². The van der Waals surface area contributed by atoms with Crippen molar-refractivity contribution in [3.63, 3.8) is 0 Å². The molecule has 0 bridgehead atoms. The standard InChI is InChI=1S/C18H24N4O2/c1-13-11-20-21-17(13)12-19-15-5-3-14(4-6-15)18(23)22(2)16-7-9-24-10-8-16/h3-6,11,16,19H,7-10,12H2,1-2H3,(H,20,21). The molecule has 0 aliphatic carbocycles. The minimum atomic E-state index is 0.0675. The van der Waals surface area contributed by atoms with Crippen molar-refractivity contribution in [3.8, 4) is 0 Å². The second-order valence-electron chi connectivity index (χ2n) is 6.22. The van der Waals surface area contributed by atoms with E-state index in [1.165, 1.54) is 0 Å². The van der Waals surface area contributed by atoms with Gasteiger partial charge in [0, 0.05) is 37.6 Å². The molecule has 0 unspecified atom stereocenters. The number of aromatic amines is 1. The monoisotopic (exact) mass is 328 g/mol. The lowest BCUT2D eigenvalue weighted by Crippen LogP contribution is -2.40. The average Bonchev–Trinajstić information content (AvgIpc) is 3.05. The van der Waals surface area contributed by atoms with Crippen molar-refractivity contribution in [2.45, 2.75) is 32.4 Å². The van der Waals surface area contributed by atoms with Gasteiger partial charge >= 0.3 is 0 Å². The average molecular weight is 328 g/mol. The minimum absolute atomic E-state index is 0.0675. The number of ether oxygens (including phenoxy) is 1. The van der Waals surface area contributed by atoms with Gasteiger partial charge in [-0.3, -0.25) is 9.89 Å². The largest absolute Gasteiger partial charge is 0.381 e. The highest BCUT2D eigenvalue weighted by molar-refractivity contribution is 5.94. The fourth-order valence-corrected chi connectivity index (χ4v) is 2.92. The zero-order chi connectivity index (χ0) is 16.9. The summed E-state index contributed by atoms with van der Waals surface area (Å²) in [5.41, 5.74) is 3.89. The summed E-state index contributed by atoms with van der Waals surface area (Å²) in [6, 6.07) is 7.90. The number of amides is 1. The molecule has 2 N–H and O–H groups in total. The third kappa shape index (κ3) is 3.76. The third-order valence-corrected chi connectivity index (χ3v) is 4.59. The van der Waals surface area contributed by atoms with Crippen LogP contribution in [0.5, 0.6) is 0 Å². The normalized spacial score (nSPS) is 15.2. The van der Waals surface area contributed by atoms with E-state index in [0.29, 0.717) is 12.1 Å². The molecule has 128 valence electrons. The Bertz CT molecular complexity index is 675. The Morgan fingerprint density at radius 1 is 1.33 bits per heavy atom. The summed E-state index contributed by atoms with van der Waals surface area (Å²) in [4.78, 5) is 14.4. The van der Waals surface area contributed by atoms with Crippen molar-refractivity contribution in [3.05, 3.63) is 47.3 Å². The van der Waals surface area contributed by atoms with Gasteiger partial charge in [0.2, 0.25) is 0 Å². The summed E-state index contributed by atoms with van der Waals surface area (Å²) in [6.07, 6.45) is 3.63. The number of aromatic nitrogens is 2.